The van der Waals surface area contributed by atoms with Crippen LogP contribution in [0.1, 0.15) is 17.3 Å². The van der Waals surface area contributed by atoms with E-state index in [1.807, 2.05) is 0 Å². The maximum Gasteiger partial charge on any atom is 0.213 e. The first-order chi connectivity index (χ1) is 5.65. The monoisotopic (exact) mass is 166 g/mol. The van der Waals surface area contributed by atoms with Crippen LogP contribution in [0.3, 0.4) is 0 Å². The number of aromatic nitrogens is 1. The molecule has 0 aliphatic rings. The van der Waals surface area contributed by atoms with Gasteiger partial charge < -0.3 is 5.73 Å². The normalized spacial score (nSPS) is 12.6. The van der Waals surface area contributed by atoms with Crippen LogP contribution in [0.25, 0.3) is 0 Å². The Morgan fingerprint density at radius 3 is 2.83 bits per heavy atom. The molecule has 2 nitrogen and oxygen atoms in total. The van der Waals surface area contributed by atoms with Crippen molar-refractivity contribution in [2.45, 2.75) is 13.0 Å². The van der Waals surface area contributed by atoms with Crippen LogP contribution in [-0.2, 0) is 0 Å². The van der Waals surface area contributed by atoms with Crippen LogP contribution in [0.5, 0.6) is 0 Å². The van der Waals surface area contributed by atoms with Crippen molar-refractivity contribution < 1.29 is 4.39 Å². The molecule has 0 spiro atoms. The molecule has 0 amide bonds. The fourth-order valence-corrected chi connectivity index (χ4v) is 1.02. The van der Waals surface area contributed by atoms with Crippen LogP contribution in [0.15, 0.2) is 24.8 Å². The molecule has 12 heavy (non-hydrogen) atoms. The van der Waals surface area contributed by atoms with Gasteiger partial charge in [-0.05, 0) is 18.6 Å². The number of nitrogens with zero attached hydrogens (tertiary/aromatic N) is 1. The lowest BCUT2D eigenvalue weighted by atomic mass is 10.1. The number of nitrogens with two attached hydrogens (primary N) is 1. The van der Waals surface area contributed by atoms with Crippen molar-refractivity contribution in [1.82, 2.24) is 4.98 Å². The molecule has 0 aromatic carbocycles. The first-order valence-corrected chi connectivity index (χ1v) is 3.66. The summed E-state index contributed by atoms with van der Waals surface area (Å²) >= 11 is 0. The minimum atomic E-state index is -0.479. The zero-order valence-electron chi connectivity index (χ0n) is 6.92. The van der Waals surface area contributed by atoms with Crippen LogP contribution >= 0.6 is 0 Å². The molecule has 3 heteroatoms. The van der Waals surface area contributed by atoms with E-state index < -0.39 is 5.95 Å². The number of hydrogen-bond donors (Lipinski definition) is 1. The molecule has 0 fully saturated rings. The number of hydrogen-bond acceptors (Lipinski definition) is 2. The topological polar surface area (TPSA) is 38.9 Å². The summed E-state index contributed by atoms with van der Waals surface area (Å²) < 4.78 is 12.5. The summed E-state index contributed by atoms with van der Waals surface area (Å²) in [6.45, 7) is 5.28. The summed E-state index contributed by atoms with van der Waals surface area (Å²) in [7, 11) is 0. The minimum Gasteiger partial charge on any atom is -0.321 e. The van der Waals surface area contributed by atoms with Gasteiger partial charge in [-0.2, -0.15) is 4.39 Å². The van der Waals surface area contributed by atoms with Crippen molar-refractivity contribution in [3.63, 3.8) is 0 Å². The fourth-order valence-electron chi connectivity index (χ4n) is 1.02. The molecule has 0 saturated carbocycles. The molecule has 0 radical (unpaired) electrons. The van der Waals surface area contributed by atoms with Crippen LogP contribution in [0.4, 0.5) is 4.39 Å². The minimum absolute atomic E-state index is 0.266. The molecule has 1 aromatic heterocycles. The Morgan fingerprint density at radius 2 is 2.33 bits per heavy atom. The van der Waals surface area contributed by atoms with Gasteiger partial charge in [0.05, 0.1) is 0 Å². The highest BCUT2D eigenvalue weighted by Gasteiger charge is 2.06. The van der Waals surface area contributed by atoms with Gasteiger partial charge in [0.1, 0.15) is 0 Å². The smallest absolute Gasteiger partial charge is 0.213 e. The van der Waals surface area contributed by atoms with E-state index in [0.29, 0.717) is 5.69 Å². The molecular formula is C9H11FN2. The molecule has 0 saturated heterocycles. The predicted octanol–water partition coefficient (Wildman–Crippen LogP) is 1.71. The Bertz CT molecular complexity index is 297. The van der Waals surface area contributed by atoms with Crippen molar-refractivity contribution in [3.05, 3.63) is 42.0 Å². The van der Waals surface area contributed by atoms with Crippen LogP contribution < -0.4 is 5.73 Å². The third-order valence-corrected chi connectivity index (χ3v) is 1.71. The zero-order valence-corrected chi connectivity index (χ0v) is 6.92. The average Bonchev–Trinajstić information content (AvgIpc) is 2.03. The Balaban J connectivity index is 3.09. The summed E-state index contributed by atoms with van der Waals surface area (Å²) in [4.78, 5) is 3.65. The summed E-state index contributed by atoms with van der Waals surface area (Å²) in [5.41, 5.74) is 7.09. The summed E-state index contributed by atoms with van der Waals surface area (Å²) in [5, 5.41) is 0. The van der Waals surface area contributed by atoms with E-state index in [0.717, 1.165) is 5.56 Å². The van der Waals surface area contributed by atoms with Crippen LogP contribution in [-0.4, -0.2) is 4.98 Å². The molecule has 64 valence electrons. The quantitative estimate of drug-likeness (QED) is 0.536. The van der Waals surface area contributed by atoms with Crippen molar-refractivity contribution in [2.75, 3.05) is 0 Å². The molecule has 0 unspecified atom stereocenters. The van der Waals surface area contributed by atoms with Crippen molar-refractivity contribution in [1.29, 1.82) is 0 Å². The van der Waals surface area contributed by atoms with Gasteiger partial charge in [0, 0.05) is 11.7 Å². The SMILES string of the molecule is C=C[C@@H](N)c1ccc(F)nc1C. The van der Waals surface area contributed by atoms with Gasteiger partial charge >= 0.3 is 0 Å². The molecule has 0 bridgehead atoms. The average molecular weight is 166 g/mol. The van der Waals surface area contributed by atoms with E-state index in [2.05, 4.69) is 11.6 Å². The highest BCUT2D eigenvalue weighted by Crippen LogP contribution is 2.14. The van der Waals surface area contributed by atoms with E-state index in [1.165, 1.54) is 6.07 Å². The third kappa shape index (κ3) is 1.68. The number of pyridine rings is 1. The van der Waals surface area contributed by atoms with Gasteiger partial charge in [-0.25, -0.2) is 4.98 Å². The predicted molar refractivity (Wildman–Crippen MR) is 46.1 cm³/mol. The number of halogens is 1. The summed E-state index contributed by atoms with van der Waals surface area (Å²) in [5.74, 6) is -0.479. The second kappa shape index (κ2) is 3.45. The van der Waals surface area contributed by atoms with Crippen LogP contribution in [0, 0.1) is 12.9 Å². The number of rotatable bonds is 2. The highest BCUT2D eigenvalue weighted by molar-refractivity contribution is 5.25. The van der Waals surface area contributed by atoms with Gasteiger partial charge in [0.2, 0.25) is 5.95 Å². The van der Waals surface area contributed by atoms with E-state index in [-0.39, 0.29) is 6.04 Å². The Morgan fingerprint density at radius 1 is 1.67 bits per heavy atom. The molecule has 0 aliphatic carbocycles. The lowest BCUT2D eigenvalue weighted by Crippen LogP contribution is -2.09. The third-order valence-electron chi connectivity index (χ3n) is 1.71. The van der Waals surface area contributed by atoms with E-state index in [4.69, 9.17) is 5.73 Å². The Hall–Kier alpha value is -1.22. The molecule has 1 atom stereocenters. The van der Waals surface area contributed by atoms with E-state index in [9.17, 15) is 4.39 Å². The highest BCUT2D eigenvalue weighted by atomic mass is 19.1. The summed E-state index contributed by atoms with van der Waals surface area (Å²) in [6.07, 6.45) is 1.60. The Labute approximate surface area is 70.9 Å². The lowest BCUT2D eigenvalue weighted by molar-refractivity contribution is 0.577. The molecular weight excluding hydrogens is 155 g/mol. The molecule has 1 rings (SSSR count). The molecule has 2 N–H and O–H groups in total. The second-order valence-corrected chi connectivity index (χ2v) is 2.57. The van der Waals surface area contributed by atoms with Gasteiger partial charge in [0.15, 0.2) is 0 Å². The molecule has 1 heterocycles. The van der Waals surface area contributed by atoms with Gasteiger partial charge in [-0.1, -0.05) is 12.1 Å². The largest absolute Gasteiger partial charge is 0.321 e. The maximum atomic E-state index is 12.5. The molecule has 1 aromatic rings. The number of aryl methyl sites for hydroxylation is 1. The standard InChI is InChI=1S/C9H11FN2/c1-3-8(11)7-4-5-9(10)12-6(7)2/h3-5,8H,1,11H2,2H3/t8-/m1/s1. The lowest BCUT2D eigenvalue weighted by Gasteiger charge is -2.08. The first-order valence-electron chi connectivity index (χ1n) is 3.66. The zero-order chi connectivity index (χ0) is 9.14. The van der Waals surface area contributed by atoms with Crippen molar-refractivity contribution in [2.24, 2.45) is 5.73 Å². The van der Waals surface area contributed by atoms with Crippen molar-refractivity contribution in [3.8, 4) is 0 Å². The van der Waals surface area contributed by atoms with E-state index in [1.54, 1.807) is 19.1 Å². The van der Waals surface area contributed by atoms with Crippen LogP contribution in [0.2, 0.25) is 0 Å². The van der Waals surface area contributed by atoms with Gasteiger partial charge in [-0.15, -0.1) is 6.58 Å². The Kier molecular flexibility index (Phi) is 2.55. The second-order valence-electron chi connectivity index (χ2n) is 2.57. The molecule has 0 aliphatic heterocycles. The van der Waals surface area contributed by atoms with Crippen molar-refractivity contribution >= 4 is 0 Å². The van der Waals surface area contributed by atoms with Gasteiger partial charge in [-0.3, -0.25) is 0 Å². The fraction of sp³-hybridized carbons (Fsp3) is 0.222. The van der Waals surface area contributed by atoms with Gasteiger partial charge in [0.25, 0.3) is 0 Å². The maximum absolute atomic E-state index is 12.5. The van der Waals surface area contributed by atoms with E-state index >= 15 is 0 Å². The first kappa shape index (κ1) is 8.87. The summed E-state index contributed by atoms with van der Waals surface area (Å²) in [6, 6.07) is 2.66.